The molecule has 0 aliphatic heterocycles. The lowest BCUT2D eigenvalue weighted by Crippen LogP contribution is -2.27. The second kappa shape index (κ2) is 9.06. The summed E-state index contributed by atoms with van der Waals surface area (Å²) in [5.41, 5.74) is 1.50. The lowest BCUT2D eigenvalue weighted by atomic mass is 10.0. The molecule has 5 nitrogen and oxygen atoms in total. The fraction of sp³-hybridized carbons (Fsp3) is 0.167. The Kier molecular flexibility index (Phi) is 6.29. The number of likely N-dealkylation sites (N-methyl/N-ethyl adjacent to an activating group) is 1. The van der Waals surface area contributed by atoms with Gasteiger partial charge in [0, 0.05) is 19.7 Å². The molecule has 0 radical (unpaired) electrons. The van der Waals surface area contributed by atoms with Crippen molar-refractivity contribution in [3.63, 3.8) is 0 Å². The van der Waals surface area contributed by atoms with E-state index in [0.717, 1.165) is 22.1 Å². The van der Waals surface area contributed by atoms with Gasteiger partial charge in [0.2, 0.25) is 0 Å². The molecule has 0 N–H and O–H groups in total. The highest BCUT2D eigenvalue weighted by Gasteiger charge is 2.06. The van der Waals surface area contributed by atoms with Crippen molar-refractivity contribution in [2.75, 3.05) is 27.8 Å². The number of nitrogens with zero attached hydrogens (tertiary/aromatic N) is 1. The third kappa shape index (κ3) is 5.23. The first-order valence-corrected chi connectivity index (χ1v) is 9.19. The lowest BCUT2D eigenvalue weighted by molar-refractivity contribution is -0.130. The van der Waals surface area contributed by atoms with E-state index in [1.807, 2.05) is 36.4 Å². The highest BCUT2D eigenvalue weighted by molar-refractivity contribution is 6.07. The minimum atomic E-state index is -0.123. The average molecular weight is 389 g/mol. The summed E-state index contributed by atoms with van der Waals surface area (Å²) >= 11 is 0. The van der Waals surface area contributed by atoms with Crippen molar-refractivity contribution >= 4 is 28.5 Å². The van der Waals surface area contributed by atoms with Crippen LogP contribution in [0.5, 0.6) is 11.5 Å². The first-order valence-electron chi connectivity index (χ1n) is 9.19. The Morgan fingerprint density at radius 1 is 0.897 bits per heavy atom. The van der Waals surface area contributed by atoms with E-state index < -0.39 is 0 Å². The van der Waals surface area contributed by atoms with Crippen molar-refractivity contribution in [3.05, 3.63) is 77.9 Å². The van der Waals surface area contributed by atoms with E-state index in [2.05, 4.69) is 0 Å². The van der Waals surface area contributed by atoms with E-state index in [1.54, 1.807) is 57.6 Å². The molecular weight excluding hydrogens is 366 g/mol. The van der Waals surface area contributed by atoms with Crippen LogP contribution in [0.25, 0.3) is 16.8 Å². The second-order valence-corrected chi connectivity index (χ2v) is 6.77. The highest BCUT2D eigenvalue weighted by atomic mass is 16.5. The average Bonchev–Trinajstić information content (AvgIpc) is 2.75. The maximum Gasteiger partial charge on any atom is 0.259 e. The molecule has 0 aliphatic carbocycles. The van der Waals surface area contributed by atoms with Gasteiger partial charge in [-0.1, -0.05) is 24.3 Å². The standard InChI is InChI=1S/C24H23NO4/c1-25(2)24(27)16-29-21-10-7-18(8-11-21)23(26)13-5-17-4-6-20-15-22(28-3)12-9-19(20)14-17/h4-15H,16H2,1-3H3. The lowest BCUT2D eigenvalue weighted by Gasteiger charge is -2.11. The number of allylic oxidation sites excluding steroid dienone is 1. The minimum Gasteiger partial charge on any atom is -0.497 e. The van der Waals surface area contributed by atoms with Crippen LogP contribution < -0.4 is 9.47 Å². The van der Waals surface area contributed by atoms with E-state index >= 15 is 0 Å². The van der Waals surface area contributed by atoms with Gasteiger partial charge in [0.25, 0.3) is 5.91 Å². The number of ketones is 1. The Labute approximate surface area is 170 Å². The summed E-state index contributed by atoms with van der Waals surface area (Å²) in [7, 11) is 4.99. The number of methoxy groups -OCH3 is 1. The third-order valence-corrected chi connectivity index (χ3v) is 4.50. The monoisotopic (exact) mass is 389 g/mol. The molecule has 29 heavy (non-hydrogen) atoms. The molecule has 3 rings (SSSR count). The molecule has 0 atom stereocenters. The first kappa shape index (κ1) is 20.1. The maximum absolute atomic E-state index is 12.4. The minimum absolute atomic E-state index is 0.0337. The largest absolute Gasteiger partial charge is 0.497 e. The Morgan fingerprint density at radius 3 is 2.24 bits per heavy atom. The predicted octanol–water partition coefficient (Wildman–Crippen LogP) is 4.21. The van der Waals surface area contributed by atoms with Gasteiger partial charge >= 0.3 is 0 Å². The van der Waals surface area contributed by atoms with Crippen LogP contribution >= 0.6 is 0 Å². The highest BCUT2D eigenvalue weighted by Crippen LogP contribution is 2.22. The second-order valence-electron chi connectivity index (χ2n) is 6.77. The molecule has 0 spiro atoms. The van der Waals surface area contributed by atoms with Gasteiger partial charge in [-0.3, -0.25) is 9.59 Å². The van der Waals surface area contributed by atoms with Crippen LogP contribution in [0.2, 0.25) is 0 Å². The number of amides is 1. The number of ether oxygens (including phenoxy) is 2. The topological polar surface area (TPSA) is 55.8 Å². The predicted molar refractivity (Wildman–Crippen MR) is 114 cm³/mol. The molecule has 148 valence electrons. The van der Waals surface area contributed by atoms with Crippen LogP contribution in [0.4, 0.5) is 0 Å². The van der Waals surface area contributed by atoms with Crippen LogP contribution in [-0.2, 0) is 4.79 Å². The summed E-state index contributed by atoms with van der Waals surface area (Å²) in [6, 6.07) is 18.6. The number of benzene rings is 3. The van der Waals surface area contributed by atoms with Gasteiger partial charge in [-0.05, 0) is 64.9 Å². The molecule has 0 aliphatic rings. The van der Waals surface area contributed by atoms with Crippen LogP contribution in [0, 0.1) is 0 Å². The van der Waals surface area contributed by atoms with E-state index in [-0.39, 0.29) is 18.3 Å². The fourth-order valence-corrected chi connectivity index (χ4v) is 2.73. The normalized spacial score (nSPS) is 10.9. The molecule has 0 heterocycles. The van der Waals surface area contributed by atoms with Crippen LogP contribution in [-0.4, -0.2) is 44.4 Å². The van der Waals surface area contributed by atoms with Crippen molar-refractivity contribution in [3.8, 4) is 11.5 Å². The van der Waals surface area contributed by atoms with E-state index in [0.29, 0.717) is 11.3 Å². The van der Waals surface area contributed by atoms with Crippen molar-refractivity contribution in [1.82, 2.24) is 4.90 Å². The third-order valence-electron chi connectivity index (χ3n) is 4.50. The summed E-state index contributed by atoms with van der Waals surface area (Å²) < 4.78 is 10.7. The van der Waals surface area contributed by atoms with Crippen LogP contribution in [0.3, 0.4) is 0 Å². The molecule has 0 saturated heterocycles. The van der Waals surface area contributed by atoms with Gasteiger partial charge in [0.15, 0.2) is 12.4 Å². The number of rotatable bonds is 7. The first-order chi connectivity index (χ1) is 14.0. The van der Waals surface area contributed by atoms with E-state index in [4.69, 9.17) is 9.47 Å². The van der Waals surface area contributed by atoms with Gasteiger partial charge in [0.1, 0.15) is 11.5 Å². The SMILES string of the molecule is COc1ccc2cc(C=CC(=O)c3ccc(OCC(=O)N(C)C)cc3)ccc2c1. The molecule has 0 bridgehead atoms. The van der Waals surface area contributed by atoms with Gasteiger partial charge in [-0.15, -0.1) is 0 Å². The van der Waals surface area contributed by atoms with Gasteiger partial charge < -0.3 is 14.4 Å². The van der Waals surface area contributed by atoms with Crippen LogP contribution in [0.1, 0.15) is 15.9 Å². The van der Waals surface area contributed by atoms with E-state index in [1.165, 1.54) is 4.90 Å². The Balaban J connectivity index is 1.65. The Bertz CT molecular complexity index is 1050. The van der Waals surface area contributed by atoms with Gasteiger partial charge in [-0.25, -0.2) is 0 Å². The van der Waals surface area contributed by atoms with Gasteiger partial charge in [0.05, 0.1) is 7.11 Å². The molecule has 3 aromatic rings. The number of hydrogen-bond acceptors (Lipinski definition) is 4. The fourth-order valence-electron chi connectivity index (χ4n) is 2.73. The van der Waals surface area contributed by atoms with Crippen molar-refractivity contribution in [2.24, 2.45) is 0 Å². The van der Waals surface area contributed by atoms with Crippen molar-refractivity contribution in [1.29, 1.82) is 0 Å². The van der Waals surface area contributed by atoms with Gasteiger partial charge in [-0.2, -0.15) is 0 Å². The molecule has 0 saturated carbocycles. The number of carbonyl (C=O) groups excluding carboxylic acids is 2. The maximum atomic E-state index is 12.4. The molecule has 1 amide bonds. The zero-order valence-electron chi connectivity index (χ0n) is 16.7. The molecule has 0 fully saturated rings. The molecule has 3 aromatic carbocycles. The molecule has 0 unspecified atom stereocenters. The summed E-state index contributed by atoms with van der Waals surface area (Å²) in [6.45, 7) is -0.0337. The quantitative estimate of drug-likeness (QED) is 0.449. The smallest absolute Gasteiger partial charge is 0.259 e. The molecule has 5 heteroatoms. The number of carbonyl (C=O) groups is 2. The summed E-state index contributed by atoms with van der Waals surface area (Å²) in [4.78, 5) is 25.4. The van der Waals surface area contributed by atoms with Crippen molar-refractivity contribution in [2.45, 2.75) is 0 Å². The Morgan fingerprint density at radius 2 is 1.55 bits per heavy atom. The zero-order chi connectivity index (χ0) is 20.8. The van der Waals surface area contributed by atoms with Crippen molar-refractivity contribution < 1.29 is 19.1 Å². The number of hydrogen-bond donors (Lipinski definition) is 0. The van der Waals surface area contributed by atoms with E-state index in [9.17, 15) is 9.59 Å². The molecule has 0 aromatic heterocycles. The zero-order valence-corrected chi connectivity index (χ0v) is 16.7. The van der Waals surface area contributed by atoms with Crippen LogP contribution in [0.15, 0.2) is 66.7 Å². The summed E-state index contributed by atoms with van der Waals surface area (Å²) in [6.07, 6.45) is 3.35. The summed E-state index contributed by atoms with van der Waals surface area (Å²) in [5, 5.41) is 2.16. The molecular formula is C24H23NO4. The summed E-state index contributed by atoms with van der Waals surface area (Å²) in [5.74, 6) is 1.14. The Hall–Kier alpha value is -3.60. The number of fused-ring (bicyclic) bond motifs is 1.